The lowest BCUT2D eigenvalue weighted by atomic mass is 10.2. The summed E-state index contributed by atoms with van der Waals surface area (Å²) in [5, 5.41) is 0. The Morgan fingerprint density at radius 1 is 1.43 bits per heavy atom. The number of nitrogens with two attached hydrogens (primary N) is 1. The van der Waals surface area contributed by atoms with Crippen molar-refractivity contribution in [1.82, 2.24) is 0 Å². The number of hydrogen-bond donors (Lipinski definition) is 1. The topological polar surface area (TPSA) is 52.3 Å². The maximum atomic E-state index is 10.9. The molecule has 1 amide bonds. The molecule has 1 rings (SSSR count). The lowest BCUT2D eigenvalue weighted by Crippen LogP contribution is -2.16. The normalized spacial score (nSPS) is 11.1. The molecule has 0 heterocycles. The van der Waals surface area contributed by atoms with Gasteiger partial charge in [-0.2, -0.15) is 0 Å². The first-order valence-corrected chi connectivity index (χ1v) is 4.43. The van der Waals surface area contributed by atoms with Crippen LogP contribution in [-0.4, -0.2) is 12.5 Å². The van der Waals surface area contributed by atoms with Gasteiger partial charge in [-0.1, -0.05) is 30.3 Å². The summed E-state index contributed by atoms with van der Waals surface area (Å²) in [5.41, 5.74) is 6.04. The number of carbonyl (C=O) groups excluding carboxylic acids is 1. The average Bonchev–Trinajstić information content (AvgIpc) is 2.18. The molecule has 3 heteroatoms. The van der Waals surface area contributed by atoms with Gasteiger partial charge in [-0.3, -0.25) is 4.79 Å². The minimum absolute atomic E-state index is 0.193. The summed E-state index contributed by atoms with van der Waals surface area (Å²) < 4.78 is 5.09. The molecule has 0 aromatic heterocycles. The molecule has 0 aliphatic heterocycles. The lowest BCUT2D eigenvalue weighted by molar-refractivity contribution is -0.117. The van der Waals surface area contributed by atoms with Gasteiger partial charge in [-0.15, -0.1) is 0 Å². The number of rotatable bonds is 4. The first-order valence-electron chi connectivity index (χ1n) is 4.43. The number of benzene rings is 1. The van der Waals surface area contributed by atoms with Crippen molar-refractivity contribution in [2.24, 2.45) is 5.73 Å². The standard InChI is InChI=1S/C11H13NO2/c1-2-14-10(11(12)13)8-9-6-4-3-5-7-9/h3-8H,2H2,1H3,(H2,12,13). The first kappa shape index (κ1) is 10.3. The van der Waals surface area contributed by atoms with Gasteiger partial charge in [0.2, 0.25) is 0 Å². The van der Waals surface area contributed by atoms with Crippen LogP contribution in [0.25, 0.3) is 6.08 Å². The van der Waals surface area contributed by atoms with E-state index in [1.54, 1.807) is 6.08 Å². The van der Waals surface area contributed by atoms with Gasteiger partial charge < -0.3 is 10.5 Å². The molecular formula is C11H13NO2. The molecule has 0 aliphatic rings. The predicted molar refractivity (Wildman–Crippen MR) is 55.2 cm³/mol. The van der Waals surface area contributed by atoms with Crippen molar-refractivity contribution in [1.29, 1.82) is 0 Å². The minimum Gasteiger partial charge on any atom is -0.488 e. The summed E-state index contributed by atoms with van der Waals surface area (Å²) in [4.78, 5) is 10.9. The highest BCUT2D eigenvalue weighted by Crippen LogP contribution is 2.07. The Labute approximate surface area is 83.2 Å². The van der Waals surface area contributed by atoms with Gasteiger partial charge in [0.05, 0.1) is 6.61 Å². The van der Waals surface area contributed by atoms with E-state index in [2.05, 4.69) is 0 Å². The molecular weight excluding hydrogens is 178 g/mol. The quantitative estimate of drug-likeness (QED) is 0.580. The number of primary amides is 1. The van der Waals surface area contributed by atoms with Crippen LogP contribution in [0, 0.1) is 0 Å². The molecule has 1 aromatic rings. The molecule has 14 heavy (non-hydrogen) atoms. The van der Waals surface area contributed by atoms with E-state index in [-0.39, 0.29) is 5.76 Å². The largest absolute Gasteiger partial charge is 0.488 e. The van der Waals surface area contributed by atoms with Crippen molar-refractivity contribution in [3.8, 4) is 0 Å². The lowest BCUT2D eigenvalue weighted by Gasteiger charge is -2.03. The molecule has 74 valence electrons. The molecule has 2 N–H and O–H groups in total. The summed E-state index contributed by atoms with van der Waals surface area (Å²) in [6.45, 7) is 2.24. The van der Waals surface area contributed by atoms with Gasteiger partial charge in [0, 0.05) is 0 Å². The molecule has 0 saturated carbocycles. The van der Waals surface area contributed by atoms with Crippen molar-refractivity contribution in [3.63, 3.8) is 0 Å². The summed E-state index contributed by atoms with van der Waals surface area (Å²) in [5.74, 6) is -0.352. The minimum atomic E-state index is -0.546. The fourth-order valence-corrected chi connectivity index (χ4v) is 1.04. The maximum Gasteiger partial charge on any atom is 0.283 e. The fraction of sp³-hybridized carbons (Fsp3) is 0.182. The van der Waals surface area contributed by atoms with Crippen LogP contribution in [-0.2, 0) is 9.53 Å². The van der Waals surface area contributed by atoms with Crippen LogP contribution < -0.4 is 5.73 Å². The second kappa shape index (κ2) is 5.07. The van der Waals surface area contributed by atoms with Crippen LogP contribution in [0.4, 0.5) is 0 Å². The zero-order valence-corrected chi connectivity index (χ0v) is 8.07. The molecule has 0 radical (unpaired) electrons. The van der Waals surface area contributed by atoms with E-state index in [1.165, 1.54) is 0 Å². The third kappa shape index (κ3) is 2.94. The summed E-state index contributed by atoms with van der Waals surface area (Å²) in [6.07, 6.45) is 1.63. The van der Waals surface area contributed by atoms with Crippen LogP contribution in [0.3, 0.4) is 0 Å². The highest BCUT2D eigenvalue weighted by Gasteiger charge is 2.04. The Balaban J connectivity index is 2.88. The van der Waals surface area contributed by atoms with Crippen LogP contribution >= 0.6 is 0 Å². The highest BCUT2D eigenvalue weighted by atomic mass is 16.5. The van der Waals surface area contributed by atoms with Gasteiger partial charge in [0.15, 0.2) is 5.76 Å². The van der Waals surface area contributed by atoms with E-state index in [0.29, 0.717) is 6.61 Å². The van der Waals surface area contributed by atoms with Crippen LogP contribution in [0.15, 0.2) is 36.1 Å². The van der Waals surface area contributed by atoms with Gasteiger partial charge in [0.1, 0.15) is 0 Å². The van der Waals surface area contributed by atoms with E-state index in [4.69, 9.17) is 10.5 Å². The van der Waals surface area contributed by atoms with E-state index in [9.17, 15) is 4.79 Å². The zero-order chi connectivity index (χ0) is 10.4. The van der Waals surface area contributed by atoms with Crippen molar-refractivity contribution in [2.75, 3.05) is 6.61 Å². The third-order valence-corrected chi connectivity index (χ3v) is 1.64. The van der Waals surface area contributed by atoms with E-state index in [0.717, 1.165) is 5.56 Å². The molecule has 0 saturated heterocycles. The van der Waals surface area contributed by atoms with E-state index >= 15 is 0 Å². The predicted octanol–water partition coefficient (Wildman–Crippen LogP) is 1.55. The van der Waals surface area contributed by atoms with E-state index < -0.39 is 5.91 Å². The van der Waals surface area contributed by atoms with Crippen molar-refractivity contribution < 1.29 is 9.53 Å². The number of carbonyl (C=O) groups is 1. The monoisotopic (exact) mass is 191 g/mol. The van der Waals surface area contributed by atoms with Crippen LogP contribution in [0.1, 0.15) is 12.5 Å². The molecule has 1 aromatic carbocycles. The molecule has 0 bridgehead atoms. The smallest absolute Gasteiger partial charge is 0.283 e. The molecule has 3 nitrogen and oxygen atoms in total. The summed E-state index contributed by atoms with van der Waals surface area (Å²) >= 11 is 0. The second-order valence-electron chi connectivity index (χ2n) is 2.72. The van der Waals surface area contributed by atoms with E-state index in [1.807, 2.05) is 37.3 Å². The molecule has 0 aliphatic carbocycles. The number of ether oxygens (including phenoxy) is 1. The van der Waals surface area contributed by atoms with Crippen molar-refractivity contribution in [2.45, 2.75) is 6.92 Å². The Kier molecular flexibility index (Phi) is 3.73. The Bertz CT molecular complexity index is 330. The number of amides is 1. The maximum absolute atomic E-state index is 10.9. The van der Waals surface area contributed by atoms with Crippen LogP contribution in [0.5, 0.6) is 0 Å². The second-order valence-corrected chi connectivity index (χ2v) is 2.72. The summed E-state index contributed by atoms with van der Waals surface area (Å²) in [6, 6.07) is 9.43. The van der Waals surface area contributed by atoms with Gasteiger partial charge in [-0.25, -0.2) is 0 Å². The first-order chi connectivity index (χ1) is 6.74. The van der Waals surface area contributed by atoms with Crippen molar-refractivity contribution in [3.05, 3.63) is 41.7 Å². The molecule has 0 unspecified atom stereocenters. The summed E-state index contributed by atoms with van der Waals surface area (Å²) in [7, 11) is 0. The number of hydrogen-bond acceptors (Lipinski definition) is 2. The fourth-order valence-electron chi connectivity index (χ4n) is 1.04. The Hall–Kier alpha value is -1.77. The Morgan fingerprint density at radius 2 is 2.07 bits per heavy atom. The average molecular weight is 191 g/mol. The molecule has 0 spiro atoms. The van der Waals surface area contributed by atoms with Gasteiger partial charge in [0.25, 0.3) is 5.91 Å². The third-order valence-electron chi connectivity index (χ3n) is 1.64. The van der Waals surface area contributed by atoms with Gasteiger partial charge in [-0.05, 0) is 18.6 Å². The van der Waals surface area contributed by atoms with Gasteiger partial charge >= 0.3 is 0 Å². The highest BCUT2D eigenvalue weighted by molar-refractivity contribution is 5.94. The van der Waals surface area contributed by atoms with Crippen molar-refractivity contribution >= 4 is 12.0 Å². The SMILES string of the molecule is CCOC(=Cc1ccccc1)C(N)=O. The molecule has 0 atom stereocenters. The van der Waals surface area contributed by atoms with Crippen LogP contribution in [0.2, 0.25) is 0 Å². The zero-order valence-electron chi connectivity index (χ0n) is 8.07. The molecule has 0 fully saturated rings. The Morgan fingerprint density at radius 3 is 2.57 bits per heavy atom.